The Morgan fingerprint density at radius 2 is 2.09 bits per heavy atom. The van der Waals surface area contributed by atoms with E-state index in [1.54, 1.807) is 0 Å². The molecular weight excluding hydrogens is 626 g/mol. The largest absolute Gasteiger partial charge is 0.491 e. The number of anilines is 2. The van der Waals surface area contributed by atoms with Gasteiger partial charge in [0, 0.05) is 35.4 Å². The van der Waals surface area contributed by atoms with E-state index >= 15 is 4.39 Å². The first-order valence-electron chi connectivity index (χ1n) is 14.8. The van der Waals surface area contributed by atoms with Crippen molar-refractivity contribution in [1.82, 2.24) is 15.3 Å². The fourth-order valence-corrected chi connectivity index (χ4v) is 8.43. The Labute approximate surface area is 266 Å². The molecule has 9 rings (SSSR count). The Bertz CT molecular complexity index is 1910. The number of aromatic nitrogens is 2. The number of likely N-dealkylation sites (N-methyl/N-ethyl adjacent to an activating group) is 1. The van der Waals surface area contributed by atoms with Crippen molar-refractivity contribution in [3.05, 3.63) is 34.4 Å². The summed E-state index contributed by atoms with van der Waals surface area (Å²) in [6.45, 7) is 3.30. The van der Waals surface area contributed by atoms with E-state index in [2.05, 4.69) is 15.2 Å². The average Bonchev–Trinajstić information content (AvgIpc) is 3.80. The lowest BCUT2D eigenvalue weighted by Gasteiger charge is -2.36. The number of fused-ring (bicyclic) bond motifs is 3. The summed E-state index contributed by atoms with van der Waals surface area (Å²) in [5.41, 5.74) is 6.14. The Kier molecular flexibility index (Phi) is 6.92. The SMILES string of the molecule is CNCCN1c2nc(OCC34COC(C3)C4)nc3c(F)c(-c4ccc(F)c5sc(N)c(C#N)c45)c(Cl)c(c23)OCC2COCC21. The first-order chi connectivity index (χ1) is 21.8. The zero-order valence-electron chi connectivity index (χ0n) is 24.3. The zero-order valence-corrected chi connectivity index (χ0v) is 25.9. The minimum absolute atomic E-state index is 0.0187. The number of ether oxygens (including phenoxy) is 4. The normalized spacial score (nSPS) is 25.0. The third kappa shape index (κ3) is 4.41. The Balaban J connectivity index is 1.39. The molecule has 4 fully saturated rings. The second kappa shape index (κ2) is 10.8. The number of rotatable bonds is 7. The molecule has 2 bridgehead atoms. The maximum absolute atomic E-state index is 17.1. The molecular formula is C31H29ClF2N6O4S. The van der Waals surface area contributed by atoms with Crippen molar-refractivity contribution < 1.29 is 27.7 Å². The number of thiophene rings is 1. The van der Waals surface area contributed by atoms with Crippen molar-refractivity contribution in [3.63, 3.8) is 0 Å². The number of halogens is 3. The van der Waals surface area contributed by atoms with Crippen LogP contribution in [-0.2, 0) is 9.47 Å². The van der Waals surface area contributed by atoms with Crippen LogP contribution in [0.5, 0.6) is 11.8 Å². The van der Waals surface area contributed by atoms with Crippen molar-refractivity contribution >= 4 is 54.7 Å². The van der Waals surface area contributed by atoms with Crippen LogP contribution in [0.4, 0.5) is 19.6 Å². The smallest absolute Gasteiger partial charge is 0.319 e. The van der Waals surface area contributed by atoms with Crippen LogP contribution in [0.25, 0.3) is 32.1 Å². The molecule has 10 nitrogen and oxygen atoms in total. The van der Waals surface area contributed by atoms with Crippen LogP contribution >= 0.6 is 22.9 Å². The minimum Gasteiger partial charge on any atom is -0.491 e. The molecule has 0 radical (unpaired) electrons. The number of benzene rings is 2. The lowest BCUT2D eigenvalue weighted by molar-refractivity contribution is 0.0785. The maximum Gasteiger partial charge on any atom is 0.319 e. The lowest BCUT2D eigenvalue weighted by Crippen LogP contribution is -2.46. The molecule has 1 aliphatic carbocycles. The fourth-order valence-electron chi connectivity index (χ4n) is 7.14. The molecule has 3 saturated heterocycles. The molecule has 0 amide bonds. The number of hydrogen-bond donors (Lipinski definition) is 2. The van der Waals surface area contributed by atoms with E-state index in [1.807, 2.05) is 13.1 Å². The number of nitriles is 1. The molecule has 2 unspecified atom stereocenters. The van der Waals surface area contributed by atoms with Crippen molar-refractivity contribution in [2.24, 2.45) is 11.3 Å². The van der Waals surface area contributed by atoms with E-state index in [0.717, 1.165) is 24.2 Å². The van der Waals surface area contributed by atoms with Crippen molar-refractivity contribution in [1.29, 1.82) is 5.26 Å². The summed E-state index contributed by atoms with van der Waals surface area (Å²) in [6, 6.07) is 4.60. The number of nitrogens with one attached hydrogen (secondary N) is 1. The van der Waals surface area contributed by atoms with Gasteiger partial charge in [0.15, 0.2) is 11.6 Å². The van der Waals surface area contributed by atoms with E-state index < -0.39 is 11.6 Å². The highest BCUT2D eigenvalue weighted by Gasteiger charge is 2.52. The van der Waals surface area contributed by atoms with Crippen LogP contribution < -0.4 is 25.4 Å². The summed E-state index contributed by atoms with van der Waals surface area (Å²) in [4.78, 5) is 11.6. The Morgan fingerprint density at radius 1 is 1.24 bits per heavy atom. The van der Waals surface area contributed by atoms with Gasteiger partial charge < -0.3 is 34.9 Å². The number of nitrogen functional groups attached to an aromatic ring is 1. The van der Waals surface area contributed by atoms with Gasteiger partial charge >= 0.3 is 6.01 Å². The van der Waals surface area contributed by atoms with Crippen molar-refractivity contribution in [3.8, 4) is 29.0 Å². The van der Waals surface area contributed by atoms with Gasteiger partial charge in [-0.3, -0.25) is 0 Å². The molecule has 234 valence electrons. The number of hydrogen-bond acceptors (Lipinski definition) is 11. The second-order valence-electron chi connectivity index (χ2n) is 12.2. The highest BCUT2D eigenvalue weighted by Crippen LogP contribution is 2.52. The molecule has 3 N–H and O–H groups in total. The van der Waals surface area contributed by atoms with Gasteiger partial charge in [0.1, 0.15) is 28.2 Å². The summed E-state index contributed by atoms with van der Waals surface area (Å²) in [7, 11) is 1.86. The summed E-state index contributed by atoms with van der Waals surface area (Å²) < 4.78 is 56.5. The minimum atomic E-state index is -0.767. The Morgan fingerprint density at radius 3 is 2.84 bits per heavy atom. The predicted molar refractivity (Wildman–Crippen MR) is 166 cm³/mol. The molecule has 1 saturated carbocycles. The topological polar surface area (TPSA) is 128 Å². The molecule has 4 aromatic rings. The first kappa shape index (κ1) is 28.9. The summed E-state index contributed by atoms with van der Waals surface area (Å²) in [5, 5.41) is 13.7. The van der Waals surface area contributed by atoms with Crippen LogP contribution in [-0.4, -0.2) is 75.3 Å². The maximum atomic E-state index is 17.1. The third-order valence-corrected chi connectivity index (χ3v) is 10.9. The van der Waals surface area contributed by atoms with Gasteiger partial charge in [-0.1, -0.05) is 17.7 Å². The van der Waals surface area contributed by atoms with Gasteiger partial charge in [-0.15, -0.1) is 11.3 Å². The molecule has 2 aromatic heterocycles. The standard InChI is InChI=1S/C31H29ClF2N6O4S/c1-37-4-5-40-19-11-41-9-14(19)10-42-26-22-25(38-30(39-29(22)40)44-13-31-6-15(7-31)43-12-31)24(34)21(23(26)32)16-2-3-18(33)27-20(16)17(8-35)28(36)45-27/h2-3,14-15,19,37H,4-7,9-13,36H2,1H3. The molecule has 0 spiro atoms. The summed E-state index contributed by atoms with van der Waals surface area (Å²) >= 11 is 8.00. The van der Waals surface area contributed by atoms with Gasteiger partial charge in [0.2, 0.25) is 0 Å². The molecule has 2 atom stereocenters. The molecule has 45 heavy (non-hydrogen) atoms. The van der Waals surface area contributed by atoms with Crippen molar-refractivity contribution in [2.45, 2.75) is 25.0 Å². The third-order valence-electron chi connectivity index (χ3n) is 9.48. The van der Waals surface area contributed by atoms with Gasteiger partial charge in [0.05, 0.1) is 65.9 Å². The first-order valence-corrected chi connectivity index (χ1v) is 16.0. The summed E-state index contributed by atoms with van der Waals surface area (Å²) in [5.74, 6) is -0.725. The van der Waals surface area contributed by atoms with E-state index in [4.69, 9.17) is 41.3 Å². The summed E-state index contributed by atoms with van der Waals surface area (Å²) in [6.07, 6.45) is 2.07. The van der Waals surface area contributed by atoms with Crippen LogP contribution in [0.15, 0.2) is 12.1 Å². The molecule has 4 aliphatic heterocycles. The van der Waals surface area contributed by atoms with Crippen molar-refractivity contribution in [2.75, 3.05) is 63.8 Å². The molecule has 5 aliphatic rings. The molecule has 2 aromatic carbocycles. The van der Waals surface area contributed by atoms with Gasteiger partial charge in [0.25, 0.3) is 0 Å². The van der Waals surface area contributed by atoms with Crippen LogP contribution in [0, 0.1) is 34.3 Å². The number of nitrogens with zero attached hydrogens (tertiary/aromatic N) is 4. The average molecular weight is 655 g/mol. The van der Waals surface area contributed by atoms with Gasteiger partial charge in [-0.25, -0.2) is 8.78 Å². The van der Waals surface area contributed by atoms with Crippen LogP contribution in [0.1, 0.15) is 18.4 Å². The van der Waals surface area contributed by atoms with Crippen LogP contribution in [0.2, 0.25) is 5.02 Å². The monoisotopic (exact) mass is 654 g/mol. The highest BCUT2D eigenvalue weighted by molar-refractivity contribution is 7.23. The number of nitrogens with two attached hydrogens (primary N) is 1. The van der Waals surface area contributed by atoms with Gasteiger partial charge in [-0.05, 0) is 31.5 Å². The second-order valence-corrected chi connectivity index (χ2v) is 13.7. The lowest BCUT2D eigenvalue weighted by atomic mass is 9.71. The predicted octanol–water partition coefficient (Wildman–Crippen LogP) is 4.89. The van der Waals surface area contributed by atoms with E-state index in [9.17, 15) is 9.65 Å². The Hall–Kier alpha value is -3.54. The fraction of sp³-hybridized carbons (Fsp3) is 0.452. The highest BCUT2D eigenvalue weighted by atomic mass is 35.5. The molecule has 6 heterocycles. The van der Waals surface area contributed by atoms with E-state index in [-0.39, 0.29) is 84.2 Å². The van der Waals surface area contributed by atoms with Gasteiger partial charge in [-0.2, -0.15) is 15.2 Å². The zero-order chi connectivity index (χ0) is 31.0. The molecule has 14 heteroatoms. The van der Waals surface area contributed by atoms with E-state index in [1.165, 1.54) is 12.1 Å². The quantitative estimate of drug-likeness (QED) is 0.284. The van der Waals surface area contributed by atoms with Crippen LogP contribution in [0.3, 0.4) is 0 Å². The van der Waals surface area contributed by atoms with E-state index in [0.29, 0.717) is 50.7 Å².